The highest BCUT2D eigenvalue weighted by Gasteiger charge is 2.40. The second-order valence-corrected chi connectivity index (χ2v) is 4.42. The zero-order valence-corrected chi connectivity index (χ0v) is 9.70. The Morgan fingerprint density at radius 3 is 2.94 bits per heavy atom. The Morgan fingerprint density at radius 2 is 2.38 bits per heavy atom. The molecule has 2 rings (SSSR count). The molecule has 0 amide bonds. The Kier molecular flexibility index (Phi) is 3.61. The van der Waals surface area contributed by atoms with Crippen molar-refractivity contribution in [2.45, 2.75) is 44.4 Å². The summed E-state index contributed by atoms with van der Waals surface area (Å²) in [5.74, 6) is -0.306. The molecular formula is C12H19NO3. The van der Waals surface area contributed by atoms with Gasteiger partial charge in [0.1, 0.15) is 0 Å². The zero-order valence-electron chi connectivity index (χ0n) is 9.70. The minimum Gasteiger partial charge on any atom is -0.463 e. The number of hydrogen-bond donors (Lipinski definition) is 1. The third kappa shape index (κ3) is 2.44. The first-order valence-corrected chi connectivity index (χ1v) is 5.94. The molecule has 0 saturated carbocycles. The molecule has 2 fully saturated rings. The van der Waals surface area contributed by atoms with Crippen LogP contribution in [0.15, 0.2) is 12.2 Å². The number of nitrogens with one attached hydrogen (secondary N) is 1. The van der Waals surface area contributed by atoms with Crippen LogP contribution in [0.1, 0.15) is 26.2 Å². The first-order chi connectivity index (χ1) is 7.70. The maximum absolute atomic E-state index is 11.3. The van der Waals surface area contributed by atoms with Crippen molar-refractivity contribution in [1.82, 2.24) is 5.32 Å². The van der Waals surface area contributed by atoms with Gasteiger partial charge in [-0.05, 0) is 26.2 Å². The first-order valence-electron chi connectivity index (χ1n) is 5.94. The Morgan fingerprint density at radius 1 is 1.56 bits per heavy atom. The number of hydrogen-bond acceptors (Lipinski definition) is 4. The Balaban J connectivity index is 1.71. The van der Waals surface area contributed by atoms with Gasteiger partial charge in [-0.3, -0.25) is 0 Å². The molecule has 3 atom stereocenters. The van der Waals surface area contributed by atoms with Crippen molar-refractivity contribution in [2.75, 3.05) is 13.2 Å². The SMILES string of the molecule is C=C(CNC1CC2CCC1O2)C(=O)OCC. The summed E-state index contributed by atoms with van der Waals surface area (Å²) in [6, 6.07) is 0.380. The average Bonchev–Trinajstić information content (AvgIpc) is 2.87. The van der Waals surface area contributed by atoms with E-state index in [1.165, 1.54) is 6.42 Å². The van der Waals surface area contributed by atoms with Gasteiger partial charge in [0, 0.05) is 18.2 Å². The number of rotatable bonds is 5. The second-order valence-electron chi connectivity index (χ2n) is 4.42. The van der Waals surface area contributed by atoms with Crippen molar-refractivity contribution in [3.63, 3.8) is 0 Å². The molecule has 2 bridgehead atoms. The van der Waals surface area contributed by atoms with Crippen LogP contribution in [0.3, 0.4) is 0 Å². The largest absolute Gasteiger partial charge is 0.463 e. The van der Waals surface area contributed by atoms with E-state index >= 15 is 0 Å². The summed E-state index contributed by atoms with van der Waals surface area (Å²) in [6.07, 6.45) is 4.13. The van der Waals surface area contributed by atoms with Gasteiger partial charge >= 0.3 is 5.97 Å². The molecule has 3 unspecified atom stereocenters. The van der Waals surface area contributed by atoms with E-state index < -0.39 is 0 Å². The van der Waals surface area contributed by atoms with Crippen LogP contribution in [0, 0.1) is 0 Å². The molecule has 0 aromatic carbocycles. The summed E-state index contributed by atoms with van der Waals surface area (Å²) in [4.78, 5) is 11.3. The predicted octanol–water partition coefficient (Wildman–Crippen LogP) is 1.02. The molecule has 4 nitrogen and oxygen atoms in total. The maximum atomic E-state index is 11.3. The smallest absolute Gasteiger partial charge is 0.334 e. The van der Waals surface area contributed by atoms with Gasteiger partial charge in [-0.15, -0.1) is 0 Å². The molecule has 2 aliphatic rings. The molecule has 90 valence electrons. The summed E-state index contributed by atoms with van der Waals surface area (Å²) in [6.45, 7) is 6.41. The molecular weight excluding hydrogens is 206 g/mol. The van der Waals surface area contributed by atoms with Crippen LogP contribution >= 0.6 is 0 Å². The standard InChI is InChI=1S/C12H19NO3/c1-3-15-12(14)8(2)7-13-10-6-9-4-5-11(10)16-9/h9-11,13H,2-7H2,1H3. The van der Waals surface area contributed by atoms with E-state index in [1.54, 1.807) is 6.92 Å². The van der Waals surface area contributed by atoms with E-state index in [0.29, 0.717) is 37.0 Å². The monoisotopic (exact) mass is 225 g/mol. The number of esters is 1. The lowest BCUT2D eigenvalue weighted by atomic mass is 9.95. The van der Waals surface area contributed by atoms with E-state index in [2.05, 4.69) is 11.9 Å². The molecule has 0 radical (unpaired) electrons. The minimum absolute atomic E-state index is 0.306. The zero-order chi connectivity index (χ0) is 11.5. The van der Waals surface area contributed by atoms with E-state index in [1.807, 2.05) is 0 Å². The lowest BCUT2D eigenvalue weighted by Crippen LogP contribution is -2.39. The van der Waals surface area contributed by atoms with Gasteiger partial charge < -0.3 is 14.8 Å². The van der Waals surface area contributed by atoms with Crippen LogP contribution in [0.5, 0.6) is 0 Å². The summed E-state index contributed by atoms with van der Waals surface area (Å²) in [5.41, 5.74) is 0.490. The van der Waals surface area contributed by atoms with Crippen LogP contribution in [0.4, 0.5) is 0 Å². The normalized spacial score (nSPS) is 31.7. The van der Waals surface area contributed by atoms with Crippen LogP contribution in [-0.4, -0.2) is 37.4 Å². The maximum Gasteiger partial charge on any atom is 0.334 e. The summed E-state index contributed by atoms with van der Waals surface area (Å²) in [5, 5.41) is 3.33. The third-order valence-corrected chi connectivity index (χ3v) is 3.25. The van der Waals surface area contributed by atoms with Crippen LogP contribution in [0.2, 0.25) is 0 Å². The first kappa shape index (κ1) is 11.6. The number of carbonyl (C=O) groups excluding carboxylic acids is 1. The second kappa shape index (κ2) is 4.97. The van der Waals surface area contributed by atoms with Gasteiger partial charge in [0.15, 0.2) is 0 Å². The lowest BCUT2D eigenvalue weighted by Gasteiger charge is -2.20. The molecule has 0 aliphatic carbocycles. The quantitative estimate of drug-likeness (QED) is 0.560. The molecule has 1 N–H and O–H groups in total. The topological polar surface area (TPSA) is 47.6 Å². The van der Waals surface area contributed by atoms with Gasteiger partial charge in [0.2, 0.25) is 0 Å². The van der Waals surface area contributed by atoms with Crippen molar-refractivity contribution in [2.24, 2.45) is 0 Å². The molecule has 0 aromatic rings. The van der Waals surface area contributed by atoms with Crippen molar-refractivity contribution in [1.29, 1.82) is 0 Å². The molecule has 2 saturated heterocycles. The van der Waals surface area contributed by atoms with Crippen molar-refractivity contribution in [3.05, 3.63) is 12.2 Å². The molecule has 2 heterocycles. The van der Waals surface area contributed by atoms with Crippen LogP contribution in [-0.2, 0) is 14.3 Å². The Labute approximate surface area is 96.0 Å². The highest BCUT2D eigenvalue weighted by molar-refractivity contribution is 5.88. The summed E-state index contributed by atoms with van der Waals surface area (Å²) < 4.78 is 10.6. The van der Waals surface area contributed by atoms with Gasteiger partial charge in [0.25, 0.3) is 0 Å². The van der Waals surface area contributed by atoms with E-state index in [4.69, 9.17) is 9.47 Å². The van der Waals surface area contributed by atoms with Gasteiger partial charge in [-0.25, -0.2) is 4.79 Å². The summed E-state index contributed by atoms with van der Waals surface area (Å²) in [7, 11) is 0. The molecule has 0 spiro atoms. The fourth-order valence-electron chi connectivity index (χ4n) is 2.41. The summed E-state index contributed by atoms with van der Waals surface area (Å²) >= 11 is 0. The van der Waals surface area contributed by atoms with Crippen molar-refractivity contribution in [3.8, 4) is 0 Å². The molecule has 2 aliphatic heterocycles. The fraction of sp³-hybridized carbons (Fsp3) is 0.750. The Hall–Kier alpha value is -0.870. The van der Waals surface area contributed by atoms with Crippen LogP contribution < -0.4 is 5.32 Å². The minimum atomic E-state index is -0.306. The number of fused-ring (bicyclic) bond motifs is 2. The molecule has 16 heavy (non-hydrogen) atoms. The van der Waals surface area contributed by atoms with Crippen molar-refractivity contribution >= 4 is 5.97 Å². The number of ether oxygens (including phenoxy) is 2. The predicted molar refractivity (Wildman–Crippen MR) is 60.1 cm³/mol. The van der Waals surface area contributed by atoms with E-state index in [0.717, 1.165) is 12.8 Å². The van der Waals surface area contributed by atoms with Crippen molar-refractivity contribution < 1.29 is 14.3 Å². The van der Waals surface area contributed by atoms with Gasteiger partial charge in [-0.2, -0.15) is 0 Å². The average molecular weight is 225 g/mol. The molecule has 4 heteroatoms. The highest BCUT2D eigenvalue weighted by atomic mass is 16.5. The highest BCUT2D eigenvalue weighted by Crippen LogP contribution is 2.34. The van der Waals surface area contributed by atoms with Crippen LogP contribution in [0.25, 0.3) is 0 Å². The Bertz CT molecular complexity index is 290. The van der Waals surface area contributed by atoms with Gasteiger partial charge in [-0.1, -0.05) is 6.58 Å². The lowest BCUT2D eigenvalue weighted by molar-refractivity contribution is -0.138. The van der Waals surface area contributed by atoms with Gasteiger partial charge in [0.05, 0.1) is 18.8 Å². The fourth-order valence-corrected chi connectivity index (χ4v) is 2.41. The third-order valence-electron chi connectivity index (χ3n) is 3.25. The molecule has 0 aromatic heterocycles. The van der Waals surface area contributed by atoms with E-state index in [9.17, 15) is 4.79 Å². The number of carbonyl (C=O) groups is 1. The van der Waals surface area contributed by atoms with E-state index in [-0.39, 0.29) is 5.97 Å².